The number of amidine groups is 1. The molecule has 0 radical (unpaired) electrons. The van der Waals surface area contributed by atoms with Crippen molar-refractivity contribution in [3.05, 3.63) is 65.2 Å². The zero-order valence-corrected chi connectivity index (χ0v) is 16.1. The van der Waals surface area contributed by atoms with Crippen LogP contribution >= 0.6 is 0 Å². The van der Waals surface area contributed by atoms with Gasteiger partial charge in [-0.1, -0.05) is 36.4 Å². The minimum atomic E-state index is -3.69. The van der Waals surface area contributed by atoms with Crippen molar-refractivity contribution < 1.29 is 13.2 Å². The van der Waals surface area contributed by atoms with Gasteiger partial charge in [-0.3, -0.25) is 4.79 Å². The number of fused-ring (bicyclic) bond motifs is 2. The Labute approximate surface area is 159 Å². The number of sulfonamides is 1. The van der Waals surface area contributed by atoms with E-state index in [0.717, 1.165) is 12.8 Å². The van der Waals surface area contributed by atoms with Gasteiger partial charge in [0, 0.05) is 19.7 Å². The average molecular weight is 383 g/mol. The van der Waals surface area contributed by atoms with Crippen molar-refractivity contribution in [2.45, 2.75) is 23.8 Å². The molecule has 1 unspecified atom stereocenters. The van der Waals surface area contributed by atoms with Crippen LogP contribution < -0.4 is 0 Å². The summed E-state index contributed by atoms with van der Waals surface area (Å²) in [6.45, 7) is 0.0673. The number of likely N-dealkylation sites (N-methyl/N-ethyl adjacent to an activating group) is 2. The summed E-state index contributed by atoms with van der Waals surface area (Å²) < 4.78 is 28.3. The first-order chi connectivity index (χ1) is 12.9. The highest BCUT2D eigenvalue weighted by atomic mass is 32.2. The summed E-state index contributed by atoms with van der Waals surface area (Å²) in [7, 11) is -0.181. The van der Waals surface area contributed by atoms with E-state index in [1.807, 2.05) is 19.2 Å². The Morgan fingerprint density at radius 1 is 1.11 bits per heavy atom. The van der Waals surface area contributed by atoms with E-state index in [0.29, 0.717) is 11.4 Å². The number of rotatable bonds is 3. The molecule has 140 valence electrons. The van der Waals surface area contributed by atoms with Gasteiger partial charge in [0.1, 0.15) is 4.90 Å². The van der Waals surface area contributed by atoms with Crippen LogP contribution in [0.25, 0.3) is 0 Å². The molecule has 0 aromatic heterocycles. The third-order valence-electron chi connectivity index (χ3n) is 5.31. The molecule has 27 heavy (non-hydrogen) atoms. The van der Waals surface area contributed by atoms with Gasteiger partial charge in [-0.2, -0.15) is 8.42 Å². The Balaban J connectivity index is 1.53. The molecule has 4 rings (SSSR count). The molecule has 1 aliphatic carbocycles. The van der Waals surface area contributed by atoms with Gasteiger partial charge < -0.3 is 9.80 Å². The Morgan fingerprint density at radius 3 is 2.63 bits per heavy atom. The lowest BCUT2D eigenvalue weighted by Gasteiger charge is -2.28. The maximum atomic E-state index is 12.9. The molecule has 2 aromatic carbocycles. The second-order valence-electron chi connectivity index (χ2n) is 7.00. The molecule has 0 N–H and O–H groups in total. The lowest BCUT2D eigenvalue weighted by Crippen LogP contribution is -2.40. The van der Waals surface area contributed by atoms with Crippen LogP contribution in [0.1, 0.15) is 29.2 Å². The van der Waals surface area contributed by atoms with Crippen molar-refractivity contribution in [1.82, 2.24) is 9.80 Å². The van der Waals surface area contributed by atoms with Crippen LogP contribution in [0, 0.1) is 0 Å². The molecular weight excluding hydrogens is 362 g/mol. The van der Waals surface area contributed by atoms with Crippen LogP contribution in [-0.2, 0) is 21.2 Å². The fourth-order valence-electron chi connectivity index (χ4n) is 3.86. The van der Waals surface area contributed by atoms with Crippen LogP contribution in [0.5, 0.6) is 0 Å². The zero-order valence-electron chi connectivity index (χ0n) is 15.3. The van der Waals surface area contributed by atoms with Crippen molar-refractivity contribution in [3.63, 3.8) is 0 Å². The number of benzene rings is 2. The number of carbonyl (C=O) groups is 1. The minimum absolute atomic E-state index is 0.0589. The standard InChI is InChI=1S/C20H21N3O3S/c1-22(20-16-9-5-6-10-18(16)27(25,26)21-20)13-19(24)23(2)17-12-11-14-7-3-4-8-15(14)17/h3-10,17H,11-13H2,1-2H3. The Hall–Kier alpha value is -2.67. The van der Waals surface area contributed by atoms with Gasteiger partial charge in [-0.05, 0) is 36.1 Å². The predicted molar refractivity (Wildman–Crippen MR) is 103 cm³/mol. The van der Waals surface area contributed by atoms with Gasteiger partial charge in [0.05, 0.1) is 12.6 Å². The molecule has 0 spiro atoms. The molecule has 0 bridgehead atoms. The molecule has 1 heterocycles. The fraction of sp³-hybridized carbons (Fsp3) is 0.300. The van der Waals surface area contributed by atoms with Gasteiger partial charge >= 0.3 is 0 Å². The summed E-state index contributed by atoms with van der Waals surface area (Å²) in [6.07, 6.45) is 1.87. The van der Waals surface area contributed by atoms with Gasteiger partial charge in [0.15, 0.2) is 5.84 Å². The molecule has 1 amide bonds. The number of hydrogen-bond acceptors (Lipinski definition) is 4. The van der Waals surface area contributed by atoms with Crippen molar-refractivity contribution in [2.75, 3.05) is 20.6 Å². The Kier molecular flexibility index (Phi) is 4.26. The van der Waals surface area contributed by atoms with E-state index in [9.17, 15) is 13.2 Å². The number of amides is 1. The first kappa shape index (κ1) is 17.7. The van der Waals surface area contributed by atoms with E-state index in [1.54, 1.807) is 41.1 Å². The third kappa shape index (κ3) is 3.02. The highest BCUT2D eigenvalue weighted by Crippen LogP contribution is 2.35. The summed E-state index contributed by atoms with van der Waals surface area (Å²) in [6, 6.07) is 15.0. The molecule has 7 heteroatoms. The Bertz CT molecular complexity index is 1050. The first-order valence-electron chi connectivity index (χ1n) is 8.87. The molecule has 6 nitrogen and oxygen atoms in total. The predicted octanol–water partition coefficient (Wildman–Crippen LogP) is 2.21. The summed E-state index contributed by atoms with van der Waals surface area (Å²) in [5.74, 6) is 0.253. The van der Waals surface area contributed by atoms with E-state index in [4.69, 9.17) is 0 Å². The smallest absolute Gasteiger partial charge is 0.285 e. The molecule has 0 fully saturated rings. The molecule has 0 saturated carbocycles. The van der Waals surface area contributed by atoms with E-state index in [-0.39, 0.29) is 23.4 Å². The molecule has 1 atom stereocenters. The van der Waals surface area contributed by atoms with Crippen molar-refractivity contribution in [1.29, 1.82) is 0 Å². The Morgan fingerprint density at radius 2 is 1.81 bits per heavy atom. The quantitative estimate of drug-likeness (QED) is 0.815. The van der Waals surface area contributed by atoms with Crippen LogP contribution in [0.3, 0.4) is 0 Å². The van der Waals surface area contributed by atoms with Crippen LogP contribution in [-0.4, -0.2) is 50.6 Å². The van der Waals surface area contributed by atoms with Crippen LogP contribution in [0.4, 0.5) is 0 Å². The number of aryl methyl sites for hydroxylation is 1. The largest absolute Gasteiger partial charge is 0.349 e. The van der Waals surface area contributed by atoms with Crippen LogP contribution in [0.15, 0.2) is 57.8 Å². The monoisotopic (exact) mass is 383 g/mol. The zero-order chi connectivity index (χ0) is 19.2. The molecule has 0 saturated heterocycles. The highest BCUT2D eigenvalue weighted by Gasteiger charge is 2.33. The molecule has 2 aliphatic rings. The van der Waals surface area contributed by atoms with Gasteiger partial charge in [-0.15, -0.1) is 4.40 Å². The van der Waals surface area contributed by atoms with Crippen LogP contribution in [0.2, 0.25) is 0 Å². The average Bonchev–Trinajstić information content (AvgIpc) is 3.20. The van der Waals surface area contributed by atoms with Gasteiger partial charge in [0.25, 0.3) is 10.0 Å². The highest BCUT2D eigenvalue weighted by molar-refractivity contribution is 7.90. The van der Waals surface area contributed by atoms with Crippen molar-refractivity contribution in [3.8, 4) is 0 Å². The topological polar surface area (TPSA) is 70.1 Å². The van der Waals surface area contributed by atoms with Crippen molar-refractivity contribution in [2.24, 2.45) is 4.40 Å². The number of nitrogens with zero attached hydrogens (tertiary/aromatic N) is 3. The van der Waals surface area contributed by atoms with E-state index in [1.165, 1.54) is 11.1 Å². The molecule has 1 aliphatic heterocycles. The number of carbonyl (C=O) groups excluding carboxylic acids is 1. The van der Waals surface area contributed by atoms with E-state index >= 15 is 0 Å². The van der Waals surface area contributed by atoms with Crippen molar-refractivity contribution >= 4 is 21.8 Å². The third-order valence-corrected chi connectivity index (χ3v) is 6.63. The minimum Gasteiger partial charge on any atom is -0.349 e. The lowest BCUT2D eigenvalue weighted by atomic mass is 10.1. The second-order valence-corrected chi connectivity index (χ2v) is 8.57. The normalized spacial score (nSPS) is 19.2. The van der Waals surface area contributed by atoms with Gasteiger partial charge in [-0.25, -0.2) is 0 Å². The lowest BCUT2D eigenvalue weighted by molar-refractivity contribution is -0.132. The maximum Gasteiger partial charge on any atom is 0.285 e. The van der Waals surface area contributed by atoms with Gasteiger partial charge in [0.2, 0.25) is 5.91 Å². The molecule has 2 aromatic rings. The maximum absolute atomic E-state index is 12.9. The van der Waals surface area contributed by atoms with E-state index in [2.05, 4.69) is 16.5 Å². The summed E-state index contributed by atoms with van der Waals surface area (Å²) in [5, 5.41) is 0. The molecular formula is C20H21N3O3S. The number of hydrogen-bond donors (Lipinski definition) is 0. The fourth-order valence-corrected chi connectivity index (χ4v) is 5.12. The first-order valence-corrected chi connectivity index (χ1v) is 10.3. The SMILES string of the molecule is CN(CC(=O)N(C)C1CCc2ccccc21)C1=NS(=O)(=O)c2ccccc21. The summed E-state index contributed by atoms with van der Waals surface area (Å²) in [5.41, 5.74) is 3.03. The summed E-state index contributed by atoms with van der Waals surface area (Å²) >= 11 is 0. The second kappa shape index (κ2) is 6.49. The summed E-state index contributed by atoms with van der Waals surface area (Å²) in [4.78, 5) is 16.4. The van der Waals surface area contributed by atoms with E-state index < -0.39 is 10.0 Å².